The van der Waals surface area contributed by atoms with Gasteiger partial charge in [-0.15, -0.1) is 0 Å². The number of aromatic nitrogens is 1. The maximum absolute atomic E-state index is 12.0. The highest BCUT2D eigenvalue weighted by atomic mass is 16.2. The van der Waals surface area contributed by atoms with Crippen LogP contribution in [0.15, 0.2) is 54.9 Å². The van der Waals surface area contributed by atoms with Gasteiger partial charge in [-0.25, -0.2) is 0 Å². The lowest BCUT2D eigenvalue weighted by molar-refractivity contribution is -0.116. The second-order valence-electron chi connectivity index (χ2n) is 3.88. The van der Waals surface area contributed by atoms with E-state index >= 15 is 0 Å². The van der Waals surface area contributed by atoms with Crippen LogP contribution in [0.2, 0.25) is 0 Å². The van der Waals surface area contributed by atoms with Crippen LogP contribution >= 0.6 is 0 Å². The summed E-state index contributed by atoms with van der Waals surface area (Å²) >= 11 is 0. The van der Waals surface area contributed by atoms with E-state index in [4.69, 9.17) is 0 Å². The maximum atomic E-state index is 12.0. The zero-order chi connectivity index (χ0) is 12.8. The quantitative estimate of drug-likeness (QED) is 0.892. The Labute approximate surface area is 106 Å². The smallest absolute Gasteiger partial charge is 0.246 e. The van der Waals surface area contributed by atoms with Crippen molar-refractivity contribution in [1.82, 2.24) is 4.98 Å². The number of likely N-dealkylation sites (N-methyl/N-ethyl adjacent to an activating group) is 1. The Balaban J connectivity index is 1.93. The summed E-state index contributed by atoms with van der Waals surface area (Å²) in [7, 11) is 1.74. The normalized spacial score (nSPS) is 9.83. The van der Waals surface area contributed by atoms with Crippen LogP contribution in [0.25, 0.3) is 0 Å². The maximum Gasteiger partial charge on any atom is 0.246 e. The lowest BCUT2D eigenvalue weighted by Gasteiger charge is -2.17. The molecule has 0 bridgehead atoms. The molecule has 0 radical (unpaired) electrons. The number of para-hydroxylation sites is 1. The van der Waals surface area contributed by atoms with Crippen LogP contribution in [0, 0.1) is 0 Å². The molecule has 0 unspecified atom stereocenters. The number of amides is 1. The van der Waals surface area contributed by atoms with Gasteiger partial charge in [-0.05, 0) is 24.3 Å². The molecular formula is C14H15N3O. The number of hydrogen-bond donors (Lipinski definition) is 1. The van der Waals surface area contributed by atoms with E-state index in [1.54, 1.807) is 24.3 Å². The second kappa shape index (κ2) is 5.82. The average molecular weight is 241 g/mol. The largest absolute Gasteiger partial charge is 0.376 e. The van der Waals surface area contributed by atoms with Gasteiger partial charge in [-0.2, -0.15) is 0 Å². The van der Waals surface area contributed by atoms with Crippen molar-refractivity contribution in [3.05, 3.63) is 54.9 Å². The van der Waals surface area contributed by atoms with E-state index in [1.165, 1.54) is 0 Å². The van der Waals surface area contributed by atoms with Crippen molar-refractivity contribution in [2.45, 2.75) is 0 Å². The van der Waals surface area contributed by atoms with Gasteiger partial charge in [0.1, 0.15) is 0 Å². The Morgan fingerprint density at radius 3 is 2.67 bits per heavy atom. The number of anilines is 2. The lowest BCUT2D eigenvalue weighted by Crippen LogP contribution is -2.32. The molecule has 92 valence electrons. The number of nitrogens with zero attached hydrogens (tertiary/aromatic N) is 2. The number of rotatable bonds is 4. The van der Waals surface area contributed by atoms with E-state index in [1.807, 2.05) is 42.5 Å². The molecule has 2 rings (SSSR count). The third kappa shape index (κ3) is 3.07. The van der Waals surface area contributed by atoms with Gasteiger partial charge in [-0.1, -0.05) is 18.2 Å². The lowest BCUT2D eigenvalue weighted by atomic mass is 10.3. The predicted octanol–water partition coefficient (Wildman–Crippen LogP) is 2.16. The van der Waals surface area contributed by atoms with Crippen LogP contribution < -0.4 is 10.2 Å². The molecule has 1 aromatic carbocycles. The van der Waals surface area contributed by atoms with Gasteiger partial charge in [0.25, 0.3) is 0 Å². The first-order chi connectivity index (χ1) is 8.77. The minimum absolute atomic E-state index is 0.00754. The van der Waals surface area contributed by atoms with Crippen molar-refractivity contribution in [3.63, 3.8) is 0 Å². The fourth-order valence-electron chi connectivity index (χ4n) is 1.55. The third-order valence-corrected chi connectivity index (χ3v) is 2.62. The highest BCUT2D eigenvalue weighted by Crippen LogP contribution is 2.10. The summed E-state index contributed by atoms with van der Waals surface area (Å²) in [5.74, 6) is -0.00754. The van der Waals surface area contributed by atoms with E-state index in [0.717, 1.165) is 11.4 Å². The molecule has 18 heavy (non-hydrogen) atoms. The molecule has 1 amide bonds. The van der Waals surface area contributed by atoms with Gasteiger partial charge in [-0.3, -0.25) is 9.78 Å². The van der Waals surface area contributed by atoms with Gasteiger partial charge in [0.15, 0.2) is 0 Å². The van der Waals surface area contributed by atoms with Crippen molar-refractivity contribution in [2.24, 2.45) is 0 Å². The zero-order valence-corrected chi connectivity index (χ0v) is 10.2. The fourth-order valence-corrected chi connectivity index (χ4v) is 1.55. The van der Waals surface area contributed by atoms with Gasteiger partial charge < -0.3 is 10.2 Å². The van der Waals surface area contributed by atoms with Crippen LogP contribution in [-0.4, -0.2) is 24.5 Å². The van der Waals surface area contributed by atoms with Gasteiger partial charge >= 0.3 is 0 Å². The third-order valence-electron chi connectivity index (χ3n) is 2.62. The first-order valence-corrected chi connectivity index (χ1v) is 5.73. The number of benzene rings is 1. The predicted molar refractivity (Wildman–Crippen MR) is 72.6 cm³/mol. The van der Waals surface area contributed by atoms with Crippen molar-refractivity contribution >= 4 is 17.3 Å². The molecule has 1 N–H and O–H groups in total. The molecule has 2 aromatic rings. The molecule has 0 aliphatic rings. The summed E-state index contributed by atoms with van der Waals surface area (Å²) in [5, 5.41) is 3.08. The molecule has 4 heteroatoms. The minimum Gasteiger partial charge on any atom is -0.376 e. The van der Waals surface area contributed by atoms with Gasteiger partial charge in [0.2, 0.25) is 5.91 Å². The van der Waals surface area contributed by atoms with Gasteiger partial charge in [0.05, 0.1) is 18.4 Å². The summed E-state index contributed by atoms with van der Waals surface area (Å²) < 4.78 is 0. The highest BCUT2D eigenvalue weighted by molar-refractivity contribution is 5.95. The van der Waals surface area contributed by atoms with Crippen LogP contribution in [0.1, 0.15) is 0 Å². The van der Waals surface area contributed by atoms with E-state index < -0.39 is 0 Å². The van der Waals surface area contributed by atoms with Crippen molar-refractivity contribution in [2.75, 3.05) is 23.8 Å². The molecule has 0 fully saturated rings. The molecule has 0 saturated heterocycles. The average Bonchev–Trinajstić information content (AvgIpc) is 2.46. The summed E-state index contributed by atoms with van der Waals surface area (Å²) in [6.07, 6.45) is 3.35. The van der Waals surface area contributed by atoms with E-state index in [2.05, 4.69) is 10.3 Å². The molecule has 0 spiro atoms. The molecular weight excluding hydrogens is 226 g/mol. The summed E-state index contributed by atoms with van der Waals surface area (Å²) in [4.78, 5) is 17.5. The Bertz CT molecular complexity index is 499. The van der Waals surface area contributed by atoms with Crippen LogP contribution in [0.4, 0.5) is 11.4 Å². The van der Waals surface area contributed by atoms with Crippen LogP contribution in [0.3, 0.4) is 0 Å². The SMILES string of the molecule is CN(C(=O)CNc1ccccc1)c1cccnc1. The fraction of sp³-hybridized carbons (Fsp3) is 0.143. The topological polar surface area (TPSA) is 45.2 Å². The monoisotopic (exact) mass is 241 g/mol. The Morgan fingerprint density at radius 2 is 2.00 bits per heavy atom. The number of carbonyl (C=O) groups is 1. The Kier molecular flexibility index (Phi) is 3.91. The zero-order valence-electron chi connectivity index (χ0n) is 10.2. The van der Waals surface area contributed by atoms with E-state index in [9.17, 15) is 4.79 Å². The number of nitrogens with one attached hydrogen (secondary N) is 1. The van der Waals surface area contributed by atoms with Crippen LogP contribution in [0.5, 0.6) is 0 Å². The van der Waals surface area contributed by atoms with Crippen molar-refractivity contribution in [3.8, 4) is 0 Å². The number of hydrogen-bond acceptors (Lipinski definition) is 3. The highest BCUT2D eigenvalue weighted by Gasteiger charge is 2.09. The van der Waals surface area contributed by atoms with E-state index in [-0.39, 0.29) is 12.5 Å². The molecule has 0 atom stereocenters. The van der Waals surface area contributed by atoms with Crippen molar-refractivity contribution < 1.29 is 4.79 Å². The van der Waals surface area contributed by atoms with Gasteiger partial charge in [0, 0.05) is 18.9 Å². The Hall–Kier alpha value is -2.36. The first kappa shape index (κ1) is 12.1. The Morgan fingerprint density at radius 1 is 1.22 bits per heavy atom. The summed E-state index contributed by atoms with van der Waals surface area (Å²) in [6.45, 7) is 0.259. The summed E-state index contributed by atoms with van der Waals surface area (Å²) in [6, 6.07) is 13.3. The standard InChI is InChI=1S/C14H15N3O/c1-17(13-8-5-9-15-10-13)14(18)11-16-12-6-3-2-4-7-12/h2-10,16H,11H2,1H3. The molecule has 1 heterocycles. The molecule has 0 aliphatic heterocycles. The second-order valence-corrected chi connectivity index (χ2v) is 3.88. The van der Waals surface area contributed by atoms with Crippen LogP contribution in [-0.2, 0) is 4.79 Å². The number of pyridine rings is 1. The minimum atomic E-state index is -0.00754. The number of carbonyl (C=O) groups excluding carboxylic acids is 1. The first-order valence-electron chi connectivity index (χ1n) is 5.73. The summed E-state index contributed by atoms with van der Waals surface area (Å²) in [5.41, 5.74) is 1.72. The molecule has 0 saturated carbocycles. The molecule has 1 aromatic heterocycles. The molecule has 4 nitrogen and oxygen atoms in total. The van der Waals surface area contributed by atoms with E-state index in [0.29, 0.717) is 0 Å². The van der Waals surface area contributed by atoms with Crippen molar-refractivity contribution in [1.29, 1.82) is 0 Å². The molecule has 0 aliphatic carbocycles.